The predicted molar refractivity (Wildman–Crippen MR) is 97.3 cm³/mol. The first-order chi connectivity index (χ1) is 12.5. The maximum absolute atomic E-state index is 12.5. The number of carbonyl (C=O) groups is 2. The van der Waals surface area contributed by atoms with Crippen LogP contribution >= 0.6 is 0 Å². The fraction of sp³-hybridized carbons (Fsp3) is 0.238. The second kappa shape index (κ2) is 7.44. The summed E-state index contributed by atoms with van der Waals surface area (Å²) in [4.78, 5) is 24.2. The van der Waals surface area contributed by atoms with Crippen molar-refractivity contribution < 1.29 is 23.8 Å². The highest BCUT2D eigenvalue weighted by Crippen LogP contribution is 2.35. The molecular formula is C21H20O5. The number of ether oxygens (including phenoxy) is 3. The summed E-state index contributed by atoms with van der Waals surface area (Å²) >= 11 is 0. The van der Waals surface area contributed by atoms with Gasteiger partial charge in [0.15, 0.2) is 11.9 Å². The fourth-order valence-corrected chi connectivity index (χ4v) is 2.57. The van der Waals surface area contributed by atoms with Crippen LogP contribution in [-0.4, -0.2) is 24.5 Å². The number of hydrogen-bond acceptors (Lipinski definition) is 5. The lowest BCUT2D eigenvalue weighted by Gasteiger charge is -2.13. The molecule has 0 saturated carbocycles. The minimum atomic E-state index is -0.743. The Morgan fingerprint density at radius 2 is 1.92 bits per heavy atom. The summed E-state index contributed by atoms with van der Waals surface area (Å²) in [6.07, 6.45) is 0.969. The topological polar surface area (TPSA) is 61.8 Å². The lowest BCUT2D eigenvalue weighted by Crippen LogP contribution is -2.26. The van der Waals surface area contributed by atoms with Gasteiger partial charge in [0.2, 0.25) is 5.78 Å². The first-order valence-corrected chi connectivity index (χ1v) is 8.46. The van der Waals surface area contributed by atoms with Crippen molar-refractivity contribution in [3.8, 4) is 11.5 Å². The van der Waals surface area contributed by atoms with Crippen LogP contribution in [-0.2, 0) is 9.53 Å². The van der Waals surface area contributed by atoms with Gasteiger partial charge in [0.1, 0.15) is 11.5 Å². The van der Waals surface area contributed by atoms with Gasteiger partial charge in [-0.15, -0.1) is 0 Å². The number of aryl methyl sites for hydroxylation is 1. The zero-order valence-electron chi connectivity index (χ0n) is 14.9. The van der Waals surface area contributed by atoms with Crippen molar-refractivity contribution in [3.63, 3.8) is 0 Å². The number of allylic oxidation sites excluding steroid dienone is 1. The van der Waals surface area contributed by atoms with Gasteiger partial charge in [-0.25, -0.2) is 4.79 Å². The maximum Gasteiger partial charge on any atom is 0.347 e. The Morgan fingerprint density at radius 1 is 1.19 bits per heavy atom. The van der Waals surface area contributed by atoms with Crippen molar-refractivity contribution in [1.82, 2.24) is 0 Å². The van der Waals surface area contributed by atoms with Crippen molar-refractivity contribution >= 4 is 17.8 Å². The van der Waals surface area contributed by atoms with Crippen molar-refractivity contribution in [2.24, 2.45) is 0 Å². The summed E-state index contributed by atoms with van der Waals surface area (Å²) in [5.74, 6) is 0.505. The second-order valence-electron chi connectivity index (χ2n) is 6.02. The van der Waals surface area contributed by atoms with E-state index in [1.807, 2.05) is 31.2 Å². The van der Waals surface area contributed by atoms with Crippen molar-refractivity contribution in [1.29, 1.82) is 0 Å². The second-order valence-corrected chi connectivity index (χ2v) is 6.02. The van der Waals surface area contributed by atoms with Crippen LogP contribution in [0.2, 0.25) is 0 Å². The quantitative estimate of drug-likeness (QED) is 0.602. The van der Waals surface area contributed by atoms with Crippen LogP contribution in [0.3, 0.4) is 0 Å². The zero-order chi connectivity index (χ0) is 18.7. The molecule has 1 unspecified atom stereocenters. The first kappa shape index (κ1) is 17.7. The van der Waals surface area contributed by atoms with Gasteiger partial charge in [-0.1, -0.05) is 29.8 Å². The van der Waals surface area contributed by atoms with Crippen LogP contribution in [0.1, 0.15) is 35.3 Å². The molecule has 2 aromatic rings. The molecule has 3 rings (SSSR count). The van der Waals surface area contributed by atoms with E-state index >= 15 is 0 Å². The van der Waals surface area contributed by atoms with Crippen molar-refractivity contribution in [2.45, 2.75) is 26.9 Å². The Hall–Kier alpha value is -3.08. The molecule has 0 spiro atoms. The van der Waals surface area contributed by atoms with Gasteiger partial charge in [0.05, 0.1) is 12.2 Å². The highest BCUT2D eigenvalue weighted by Gasteiger charge is 2.28. The Kier molecular flexibility index (Phi) is 5.07. The highest BCUT2D eigenvalue weighted by atomic mass is 16.6. The molecule has 0 amide bonds. The third-order valence-corrected chi connectivity index (χ3v) is 3.95. The number of carbonyl (C=O) groups excluding carboxylic acids is 2. The Bertz CT molecular complexity index is 864. The number of rotatable bonds is 5. The molecule has 0 aromatic heterocycles. The third-order valence-electron chi connectivity index (χ3n) is 3.95. The molecule has 134 valence electrons. The number of esters is 1. The maximum atomic E-state index is 12.5. The van der Waals surface area contributed by atoms with E-state index in [0.29, 0.717) is 23.7 Å². The van der Waals surface area contributed by atoms with Gasteiger partial charge < -0.3 is 14.2 Å². The third kappa shape index (κ3) is 3.77. The Balaban J connectivity index is 1.77. The van der Waals surface area contributed by atoms with E-state index in [1.165, 1.54) is 0 Å². The molecule has 26 heavy (non-hydrogen) atoms. The van der Waals surface area contributed by atoms with E-state index in [9.17, 15) is 9.59 Å². The molecule has 1 aliphatic heterocycles. The molecule has 0 N–H and O–H groups in total. The minimum Gasteiger partial charge on any atom is -0.479 e. The van der Waals surface area contributed by atoms with Gasteiger partial charge in [-0.05, 0) is 44.5 Å². The zero-order valence-corrected chi connectivity index (χ0v) is 14.9. The largest absolute Gasteiger partial charge is 0.479 e. The summed E-state index contributed by atoms with van der Waals surface area (Å²) < 4.78 is 16.2. The number of ketones is 1. The van der Waals surface area contributed by atoms with Crippen molar-refractivity contribution in [3.05, 3.63) is 64.9 Å². The molecule has 5 nitrogen and oxygen atoms in total. The van der Waals surface area contributed by atoms with Gasteiger partial charge >= 0.3 is 5.97 Å². The molecule has 0 aliphatic carbocycles. The number of hydrogen-bond donors (Lipinski definition) is 0. The van der Waals surface area contributed by atoms with Crippen LogP contribution in [0.4, 0.5) is 0 Å². The lowest BCUT2D eigenvalue weighted by atomic mass is 10.1. The molecule has 5 heteroatoms. The summed E-state index contributed by atoms with van der Waals surface area (Å²) in [5, 5.41) is 0. The lowest BCUT2D eigenvalue weighted by molar-refractivity contribution is -0.150. The Labute approximate surface area is 152 Å². The molecule has 0 fully saturated rings. The minimum absolute atomic E-state index is 0.175. The van der Waals surface area contributed by atoms with E-state index in [0.717, 1.165) is 11.1 Å². The molecule has 1 heterocycles. The van der Waals surface area contributed by atoms with Crippen LogP contribution in [0.15, 0.2) is 48.2 Å². The molecule has 1 atom stereocenters. The summed E-state index contributed by atoms with van der Waals surface area (Å²) in [7, 11) is 0. The van der Waals surface area contributed by atoms with Crippen LogP contribution in [0, 0.1) is 6.92 Å². The van der Waals surface area contributed by atoms with Gasteiger partial charge in [-0.3, -0.25) is 4.79 Å². The van der Waals surface area contributed by atoms with E-state index in [-0.39, 0.29) is 11.5 Å². The molecule has 0 saturated heterocycles. The SMILES string of the molecule is CCOC(=O)C(C)Oc1ccc2c(c1)OC(=Cc1ccc(C)cc1)C2=O. The molecule has 1 aliphatic rings. The van der Waals surface area contributed by atoms with Gasteiger partial charge in [-0.2, -0.15) is 0 Å². The fourth-order valence-electron chi connectivity index (χ4n) is 2.57. The first-order valence-electron chi connectivity index (χ1n) is 8.46. The average molecular weight is 352 g/mol. The van der Waals surface area contributed by atoms with E-state index in [1.54, 1.807) is 38.1 Å². The van der Waals surface area contributed by atoms with Gasteiger partial charge in [0.25, 0.3) is 0 Å². The smallest absolute Gasteiger partial charge is 0.347 e. The van der Waals surface area contributed by atoms with Gasteiger partial charge in [0, 0.05) is 6.07 Å². The van der Waals surface area contributed by atoms with Crippen LogP contribution < -0.4 is 9.47 Å². The van der Waals surface area contributed by atoms with Crippen LogP contribution in [0.25, 0.3) is 6.08 Å². The molecule has 0 radical (unpaired) electrons. The standard InChI is InChI=1S/C21H20O5/c1-4-24-21(23)14(3)25-16-9-10-17-18(12-16)26-19(20(17)22)11-15-7-5-13(2)6-8-15/h5-12,14H,4H2,1-3H3. The van der Waals surface area contributed by atoms with E-state index in [4.69, 9.17) is 14.2 Å². The van der Waals surface area contributed by atoms with E-state index in [2.05, 4.69) is 0 Å². The summed E-state index contributed by atoms with van der Waals surface area (Å²) in [6.45, 7) is 5.64. The van der Waals surface area contributed by atoms with Crippen molar-refractivity contribution in [2.75, 3.05) is 6.61 Å². The molecular weight excluding hydrogens is 332 g/mol. The van der Waals surface area contributed by atoms with E-state index < -0.39 is 12.1 Å². The molecule has 0 bridgehead atoms. The average Bonchev–Trinajstić information content (AvgIpc) is 2.92. The number of Topliss-reactive ketones (excluding diaryl/α,β-unsaturated/α-hetero) is 1. The Morgan fingerprint density at radius 3 is 2.62 bits per heavy atom. The number of fused-ring (bicyclic) bond motifs is 1. The highest BCUT2D eigenvalue weighted by molar-refractivity contribution is 6.14. The predicted octanol–water partition coefficient (Wildman–Crippen LogP) is 3.94. The normalized spacial score (nSPS) is 15.3. The summed E-state index contributed by atoms with van der Waals surface area (Å²) in [5.41, 5.74) is 2.50. The summed E-state index contributed by atoms with van der Waals surface area (Å²) in [6, 6.07) is 12.7. The monoisotopic (exact) mass is 352 g/mol. The van der Waals surface area contributed by atoms with Crippen LogP contribution in [0.5, 0.6) is 11.5 Å². The molecule has 2 aromatic carbocycles. The number of benzene rings is 2.